The molecule has 0 aliphatic rings. The lowest BCUT2D eigenvalue weighted by Crippen LogP contribution is -2.25. The molecule has 0 aliphatic heterocycles. The van der Waals surface area contributed by atoms with Gasteiger partial charge >= 0.3 is 0 Å². The van der Waals surface area contributed by atoms with E-state index in [9.17, 15) is 18.5 Å². The summed E-state index contributed by atoms with van der Waals surface area (Å²) in [6.45, 7) is 0.243. The molecule has 0 saturated carbocycles. The predicted octanol–water partition coefficient (Wildman–Crippen LogP) is 2.61. The molecule has 0 amide bonds. The van der Waals surface area contributed by atoms with Gasteiger partial charge in [-0.15, -0.1) is 0 Å². The number of nitrogens with zero attached hydrogens (tertiary/aromatic N) is 2. The van der Waals surface area contributed by atoms with Crippen LogP contribution in [-0.2, 0) is 23.5 Å². The number of sulfonamides is 1. The van der Waals surface area contributed by atoms with Gasteiger partial charge < -0.3 is 4.57 Å². The van der Waals surface area contributed by atoms with Crippen molar-refractivity contribution in [3.05, 3.63) is 70.4 Å². The molecule has 3 rings (SSSR count). The molecular weight excluding hydrogens is 342 g/mol. The van der Waals surface area contributed by atoms with Crippen molar-refractivity contribution in [3.8, 4) is 0 Å². The number of benzene rings is 2. The average molecular weight is 359 g/mol. The molecule has 1 heterocycles. The molecule has 0 radical (unpaired) electrons. The van der Waals surface area contributed by atoms with Crippen LogP contribution in [0.3, 0.4) is 0 Å². The number of hydrogen-bond acceptors (Lipinski definition) is 4. The van der Waals surface area contributed by atoms with Crippen molar-refractivity contribution in [1.82, 2.24) is 9.29 Å². The molecule has 0 saturated heterocycles. The van der Waals surface area contributed by atoms with Gasteiger partial charge in [-0.2, -0.15) is 0 Å². The van der Waals surface area contributed by atoms with Gasteiger partial charge in [-0.3, -0.25) is 10.1 Å². The lowest BCUT2D eigenvalue weighted by atomic mass is 10.1. The van der Waals surface area contributed by atoms with Crippen molar-refractivity contribution >= 4 is 26.6 Å². The highest BCUT2D eigenvalue weighted by atomic mass is 32.2. The number of aryl methyl sites for hydroxylation is 1. The fourth-order valence-electron chi connectivity index (χ4n) is 2.78. The van der Waals surface area contributed by atoms with Crippen LogP contribution in [0.15, 0.2) is 59.6 Å². The van der Waals surface area contributed by atoms with Crippen LogP contribution in [0.4, 0.5) is 5.69 Å². The van der Waals surface area contributed by atoms with Gasteiger partial charge in [-0.05, 0) is 30.2 Å². The highest BCUT2D eigenvalue weighted by molar-refractivity contribution is 7.89. The van der Waals surface area contributed by atoms with E-state index in [1.165, 1.54) is 24.3 Å². The Morgan fingerprint density at radius 2 is 1.80 bits per heavy atom. The molecule has 0 bridgehead atoms. The first-order valence-electron chi connectivity index (χ1n) is 7.65. The molecule has 0 fully saturated rings. The molecule has 7 nitrogen and oxygen atoms in total. The highest BCUT2D eigenvalue weighted by Crippen LogP contribution is 2.21. The van der Waals surface area contributed by atoms with Gasteiger partial charge in [0.2, 0.25) is 10.0 Å². The second-order valence-corrected chi connectivity index (χ2v) is 7.45. The molecule has 0 spiro atoms. The smallest absolute Gasteiger partial charge is 0.269 e. The van der Waals surface area contributed by atoms with E-state index in [0.717, 1.165) is 16.5 Å². The van der Waals surface area contributed by atoms with Crippen LogP contribution in [0, 0.1) is 10.1 Å². The summed E-state index contributed by atoms with van der Waals surface area (Å²) in [5.74, 6) is 0. The Labute approximate surface area is 145 Å². The second kappa shape index (κ2) is 6.66. The van der Waals surface area contributed by atoms with Gasteiger partial charge in [-0.1, -0.05) is 18.2 Å². The van der Waals surface area contributed by atoms with Crippen LogP contribution in [0.5, 0.6) is 0 Å². The van der Waals surface area contributed by atoms with E-state index in [0.29, 0.717) is 6.42 Å². The molecule has 3 aromatic rings. The first-order chi connectivity index (χ1) is 11.9. The standard InChI is InChI=1S/C17H17N3O4S/c1-19-12-13(16-4-2-3-5-17(16)19)10-11-18-25(23,24)15-8-6-14(7-9-15)20(21)22/h2-9,12,18H,10-11H2,1H3. The lowest BCUT2D eigenvalue weighted by Gasteiger charge is -2.06. The van der Waals surface area contributed by atoms with Crippen molar-refractivity contribution in [1.29, 1.82) is 0 Å². The van der Waals surface area contributed by atoms with E-state index in [-0.39, 0.29) is 17.1 Å². The van der Waals surface area contributed by atoms with E-state index in [2.05, 4.69) is 4.72 Å². The molecule has 2 aromatic carbocycles. The first-order valence-corrected chi connectivity index (χ1v) is 9.14. The summed E-state index contributed by atoms with van der Waals surface area (Å²) in [5.41, 5.74) is 2.01. The zero-order valence-electron chi connectivity index (χ0n) is 13.5. The van der Waals surface area contributed by atoms with Crippen LogP contribution >= 0.6 is 0 Å². The minimum Gasteiger partial charge on any atom is -0.350 e. The number of rotatable bonds is 6. The molecule has 25 heavy (non-hydrogen) atoms. The summed E-state index contributed by atoms with van der Waals surface area (Å²) in [6, 6.07) is 12.8. The summed E-state index contributed by atoms with van der Waals surface area (Å²) in [6.07, 6.45) is 2.54. The Balaban J connectivity index is 1.71. The topological polar surface area (TPSA) is 94.2 Å². The summed E-state index contributed by atoms with van der Waals surface area (Å²) in [4.78, 5) is 10.1. The number of para-hydroxylation sites is 1. The third kappa shape index (κ3) is 3.54. The van der Waals surface area contributed by atoms with Crippen molar-refractivity contribution in [3.63, 3.8) is 0 Å². The van der Waals surface area contributed by atoms with Crippen LogP contribution in [-0.4, -0.2) is 24.5 Å². The Hall–Kier alpha value is -2.71. The summed E-state index contributed by atoms with van der Waals surface area (Å²) < 4.78 is 29.1. The zero-order valence-corrected chi connectivity index (χ0v) is 14.4. The first kappa shape index (κ1) is 17.1. The normalized spacial score (nSPS) is 11.7. The maximum Gasteiger partial charge on any atom is 0.269 e. The maximum atomic E-state index is 12.3. The number of non-ortho nitro benzene ring substituents is 1. The van der Waals surface area contributed by atoms with E-state index < -0.39 is 14.9 Å². The fraction of sp³-hybridized carbons (Fsp3) is 0.176. The van der Waals surface area contributed by atoms with Crippen molar-refractivity contribution in [2.24, 2.45) is 7.05 Å². The van der Waals surface area contributed by atoms with Crippen LogP contribution in [0.1, 0.15) is 5.56 Å². The fourth-order valence-corrected chi connectivity index (χ4v) is 3.81. The second-order valence-electron chi connectivity index (χ2n) is 5.68. The molecule has 1 aromatic heterocycles. The molecule has 8 heteroatoms. The molecule has 0 atom stereocenters. The average Bonchev–Trinajstić information content (AvgIpc) is 2.91. The molecule has 130 valence electrons. The molecule has 0 unspecified atom stereocenters. The summed E-state index contributed by atoms with van der Waals surface area (Å²) >= 11 is 0. The van der Waals surface area contributed by atoms with Crippen molar-refractivity contribution in [2.45, 2.75) is 11.3 Å². The Kier molecular flexibility index (Phi) is 4.56. The molecular formula is C17H17N3O4S. The number of nitrogens with one attached hydrogen (secondary N) is 1. The SMILES string of the molecule is Cn1cc(CCNS(=O)(=O)c2ccc([N+](=O)[O-])cc2)c2ccccc21. The van der Waals surface area contributed by atoms with Gasteiger partial charge in [0, 0.05) is 42.8 Å². The van der Waals surface area contributed by atoms with Crippen LogP contribution in [0.2, 0.25) is 0 Å². The van der Waals surface area contributed by atoms with E-state index in [1.807, 2.05) is 42.1 Å². The van der Waals surface area contributed by atoms with E-state index in [4.69, 9.17) is 0 Å². The Bertz CT molecular complexity index is 1020. The summed E-state index contributed by atoms with van der Waals surface area (Å²) in [7, 11) is -1.75. The van der Waals surface area contributed by atoms with Crippen molar-refractivity contribution < 1.29 is 13.3 Å². The summed E-state index contributed by atoms with van der Waals surface area (Å²) in [5, 5.41) is 11.7. The number of aromatic nitrogens is 1. The Morgan fingerprint density at radius 1 is 1.12 bits per heavy atom. The lowest BCUT2D eigenvalue weighted by molar-refractivity contribution is -0.384. The van der Waals surface area contributed by atoms with Crippen LogP contribution < -0.4 is 4.72 Å². The Morgan fingerprint density at radius 3 is 2.48 bits per heavy atom. The predicted molar refractivity (Wildman–Crippen MR) is 94.9 cm³/mol. The van der Waals surface area contributed by atoms with Gasteiger partial charge in [0.15, 0.2) is 0 Å². The van der Waals surface area contributed by atoms with E-state index >= 15 is 0 Å². The monoisotopic (exact) mass is 359 g/mol. The highest BCUT2D eigenvalue weighted by Gasteiger charge is 2.16. The molecule has 1 N–H and O–H groups in total. The van der Waals surface area contributed by atoms with Gasteiger partial charge in [0.1, 0.15) is 0 Å². The van der Waals surface area contributed by atoms with Gasteiger partial charge in [-0.25, -0.2) is 13.1 Å². The number of hydrogen-bond donors (Lipinski definition) is 1. The van der Waals surface area contributed by atoms with Gasteiger partial charge in [0.25, 0.3) is 5.69 Å². The number of nitro benzene ring substituents is 1. The minimum atomic E-state index is -3.70. The quantitative estimate of drug-likeness (QED) is 0.541. The van der Waals surface area contributed by atoms with E-state index in [1.54, 1.807) is 0 Å². The number of nitro groups is 1. The largest absolute Gasteiger partial charge is 0.350 e. The molecule has 0 aliphatic carbocycles. The van der Waals surface area contributed by atoms with Gasteiger partial charge in [0.05, 0.1) is 9.82 Å². The third-order valence-electron chi connectivity index (χ3n) is 4.02. The maximum absolute atomic E-state index is 12.3. The third-order valence-corrected chi connectivity index (χ3v) is 5.50. The van der Waals surface area contributed by atoms with Crippen LogP contribution in [0.25, 0.3) is 10.9 Å². The number of fused-ring (bicyclic) bond motifs is 1. The zero-order chi connectivity index (χ0) is 18.0. The van der Waals surface area contributed by atoms with Crippen molar-refractivity contribution in [2.75, 3.05) is 6.54 Å². The minimum absolute atomic E-state index is 0.0102.